The molecule has 1 aromatic heterocycles. The maximum Gasteiger partial charge on any atom is 0.452 e. The minimum Gasteiger partial charge on any atom is -0.481 e. The summed E-state index contributed by atoms with van der Waals surface area (Å²) < 4.78 is 45.7. The Balaban J connectivity index is 1.18. The normalized spacial score (nSPS) is 19.6. The first-order chi connectivity index (χ1) is 19.6. The molecule has 9 nitrogen and oxygen atoms in total. The molecule has 1 aliphatic carbocycles. The van der Waals surface area contributed by atoms with Gasteiger partial charge in [0.1, 0.15) is 0 Å². The van der Waals surface area contributed by atoms with Gasteiger partial charge in [0.2, 0.25) is 17.6 Å². The number of nitrogens with zero attached hydrogens (tertiary/aromatic N) is 3. The van der Waals surface area contributed by atoms with Crippen molar-refractivity contribution in [3.05, 3.63) is 66.1 Å². The minimum atomic E-state index is -4.90. The van der Waals surface area contributed by atoms with Crippen molar-refractivity contribution in [1.29, 1.82) is 0 Å². The number of carboxylic acid groups (broad SMARTS) is 1. The zero-order valence-electron chi connectivity index (χ0n) is 22.1. The fourth-order valence-corrected chi connectivity index (χ4v) is 5.35. The van der Waals surface area contributed by atoms with Gasteiger partial charge in [0.25, 0.3) is 5.91 Å². The van der Waals surface area contributed by atoms with Crippen LogP contribution in [-0.2, 0) is 15.8 Å². The monoisotopic (exact) mass is 570 g/mol. The van der Waals surface area contributed by atoms with Crippen molar-refractivity contribution in [2.24, 2.45) is 11.8 Å². The molecule has 3 aromatic rings. The molecule has 2 heterocycles. The number of aromatic nitrogens is 1. The molecule has 1 saturated carbocycles. The fourth-order valence-electron chi connectivity index (χ4n) is 5.35. The number of halogens is 3. The van der Waals surface area contributed by atoms with Gasteiger partial charge in [-0.3, -0.25) is 14.4 Å². The third-order valence-electron chi connectivity index (χ3n) is 7.63. The van der Waals surface area contributed by atoms with Gasteiger partial charge >= 0.3 is 12.1 Å². The van der Waals surface area contributed by atoms with E-state index in [-0.39, 0.29) is 23.6 Å². The van der Waals surface area contributed by atoms with E-state index in [2.05, 4.69) is 15.2 Å². The molecule has 12 heteroatoms. The Morgan fingerprint density at radius 2 is 1.49 bits per heavy atom. The molecular formula is C29H29F3N4O5. The van der Waals surface area contributed by atoms with Gasteiger partial charge in [-0.1, -0.05) is 18.2 Å². The summed E-state index contributed by atoms with van der Waals surface area (Å²) in [6, 6.07) is 14.7. The van der Waals surface area contributed by atoms with Crippen molar-refractivity contribution in [3.63, 3.8) is 0 Å². The first-order valence-corrected chi connectivity index (χ1v) is 13.4. The van der Waals surface area contributed by atoms with Gasteiger partial charge < -0.3 is 24.6 Å². The van der Waals surface area contributed by atoms with Crippen LogP contribution in [0.1, 0.15) is 41.9 Å². The topological polar surface area (TPSA) is 116 Å². The highest BCUT2D eigenvalue weighted by atomic mass is 19.4. The van der Waals surface area contributed by atoms with Crippen molar-refractivity contribution in [3.8, 4) is 11.5 Å². The number of piperazine rings is 1. The first-order valence-electron chi connectivity index (χ1n) is 13.4. The van der Waals surface area contributed by atoms with Crippen LogP contribution in [0.4, 0.5) is 24.5 Å². The lowest BCUT2D eigenvalue weighted by atomic mass is 9.81. The summed E-state index contributed by atoms with van der Waals surface area (Å²) in [7, 11) is 0. The highest BCUT2D eigenvalue weighted by molar-refractivity contribution is 6.04. The molecule has 1 saturated heterocycles. The predicted molar refractivity (Wildman–Crippen MR) is 143 cm³/mol. The molecule has 0 radical (unpaired) electrons. The lowest BCUT2D eigenvalue weighted by molar-refractivity contribution is -0.153. The van der Waals surface area contributed by atoms with Crippen molar-refractivity contribution in [1.82, 2.24) is 9.88 Å². The molecule has 216 valence electrons. The SMILES string of the molecule is O=C(Nc1ccc(N2CCN(C(=O)[C@H]3CC[C@@H](C(=O)O)CC3)CC2)cc1)c1nc(-c2ccccc2)oc1C(F)(F)F. The number of hydrogen-bond acceptors (Lipinski definition) is 6. The molecule has 2 N–H and O–H groups in total. The van der Waals surface area contributed by atoms with Gasteiger partial charge in [0, 0.05) is 49.0 Å². The maximum absolute atomic E-state index is 13.6. The van der Waals surface area contributed by atoms with Gasteiger partial charge in [0.15, 0.2) is 5.69 Å². The Hall–Kier alpha value is -4.35. The van der Waals surface area contributed by atoms with E-state index in [9.17, 15) is 32.7 Å². The van der Waals surface area contributed by atoms with E-state index in [0.717, 1.165) is 5.69 Å². The first kappa shape index (κ1) is 28.2. The zero-order valence-corrected chi connectivity index (χ0v) is 22.1. The van der Waals surface area contributed by atoms with Crippen LogP contribution >= 0.6 is 0 Å². The molecule has 0 unspecified atom stereocenters. The van der Waals surface area contributed by atoms with E-state index in [1.165, 1.54) is 12.1 Å². The Kier molecular flexibility index (Phi) is 8.00. The van der Waals surface area contributed by atoms with Crippen LogP contribution in [0.15, 0.2) is 59.0 Å². The summed E-state index contributed by atoms with van der Waals surface area (Å²) in [6.07, 6.45) is -2.67. The quantitative estimate of drug-likeness (QED) is 0.421. The van der Waals surface area contributed by atoms with Gasteiger partial charge in [-0.05, 0) is 62.1 Å². The standard InChI is InChI=1S/C29H29F3N4O5/c30-29(31,32)24-23(34-26(41-24)18-4-2-1-3-5-18)25(37)33-21-10-12-22(13-11-21)35-14-16-36(17-15-35)27(38)19-6-8-20(9-7-19)28(39)40/h1-5,10-13,19-20H,6-9,14-17H2,(H,33,37)(H,39,40)/t19-,20+. The van der Waals surface area contributed by atoms with Crippen LogP contribution < -0.4 is 10.2 Å². The molecule has 2 aliphatic rings. The number of carbonyl (C=O) groups excluding carboxylic acids is 2. The molecule has 2 fully saturated rings. The Labute approximate surface area is 234 Å². The maximum atomic E-state index is 13.6. The summed E-state index contributed by atoms with van der Waals surface area (Å²) in [4.78, 5) is 44.6. The minimum absolute atomic E-state index is 0.0769. The number of alkyl halides is 3. The number of benzene rings is 2. The number of anilines is 2. The molecule has 41 heavy (non-hydrogen) atoms. The molecule has 2 aromatic carbocycles. The largest absolute Gasteiger partial charge is 0.481 e. The third-order valence-corrected chi connectivity index (χ3v) is 7.63. The smallest absolute Gasteiger partial charge is 0.452 e. The van der Waals surface area contributed by atoms with Crippen LogP contribution in [0.3, 0.4) is 0 Å². The fraction of sp³-hybridized carbons (Fsp3) is 0.379. The number of carbonyl (C=O) groups is 3. The molecular weight excluding hydrogens is 541 g/mol. The number of oxazole rings is 1. The van der Waals surface area contributed by atoms with Crippen LogP contribution in [0.2, 0.25) is 0 Å². The highest BCUT2D eigenvalue weighted by Crippen LogP contribution is 2.36. The molecule has 0 spiro atoms. The van der Waals surface area contributed by atoms with E-state index in [0.29, 0.717) is 63.1 Å². The summed E-state index contributed by atoms with van der Waals surface area (Å²) >= 11 is 0. The Morgan fingerprint density at radius 1 is 0.878 bits per heavy atom. The third kappa shape index (κ3) is 6.36. The number of hydrogen-bond donors (Lipinski definition) is 2. The van der Waals surface area contributed by atoms with Gasteiger partial charge in [-0.15, -0.1) is 0 Å². The van der Waals surface area contributed by atoms with E-state index in [1.807, 2.05) is 4.90 Å². The Bertz CT molecular complexity index is 1390. The molecule has 0 bridgehead atoms. The number of carboxylic acids is 1. The predicted octanol–water partition coefficient (Wildman–Crippen LogP) is 5.15. The van der Waals surface area contributed by atoms with Crippen LogP contribution in [0.5, 0.6) is 0 Å². The Morgan fingerprint density at radius 3 is 2.07 bits per heavy atom. The average Bonchev–Trinajstić information content (AvgIpc) is 3.45. The number of rotatable bonds is 6. The average molecular weight is 571 g/mol. The van der Waals surface area contributed by atoms with Crippen molar-refractivity contribution in [2.45, 2.75) is 31.9 Å². The highest BCUT2D eigenvalue weighted by Gasteiger charge is 2.42. The van der Waals surface area contributed by atoms with E-state index >= 15 is 0 Å². The summed E-state index contributed by atoms with van der Waals surface area (Å²) in [6.45, 7) is 2.26. The van der Waals surface area contributed by atoms with Gasteiger partial charge in [-0.25, -0.2) is 4.98 Å². The van der Waals surface area contributed by atoms with Gasteiger partial charge in [-0.2, -0.15) is 13.2 Å². The van der Waals surface area contributed by atoms with Crippen molar-refractivity contribution in [2.75, 3.05) is 36.4 Å². The second-order valence-corrected chi connectivity index (χ2v) is 10.3. The van der Waals surface area contributed by atoms with Crippen LogP contribution in [0.25, 0.3) is 11.5 Å². The molecule has 0 atom stereocenters. The number of nitrogens with one attached hydrogen (secondary N) is 1. The molecule has 2 amide bonds. The summed E-state index contributed by atoms with van der Waals surface area (Å²) in [5, 5.41) is 11.6. The summed E-state index contributed by atoms with van der Waals surface area (Å²) in [5.74, 6) is -4.02. The lowest BCUT2D eigenvalue weighted by Gasteiger charge is -2.38. The number of aliphatic carboxylic acids is 1. The van der Waals surface area contributed by atoms with Crippen molar-refractivity contribution >= 4 is 29.2 Å². The molecule has 1 aliphatic heterocycles. The second-order valence-electron chi connectivity index (χ2n) is 10.3. The van der Waals surface area contributed by atoms with Crippen LogP contribution in [-0.4, -0.2) is 59.0 Å². The second kappa shape index (κ2) is 11.6. The van der Waals surface area contributed by atoms with E-state index in [1.54, 1.807) is 42.5 Å². The van der Waals surface area contributed by atoms with E-state index < -0.39 is 29.5 Å². The van der Waals surface area contributed by atoms with E-state index in [4.69, 9.17) is 4.42 Å². The number of amides is 2. The van der Waals surface area contributed by atoms with Gasteiger partial charge in [0.05, 0.1) is 5.92 Å². The zero-order chi connectivity index (χ0) is 29.1. The van der Waals surface area contributed by atoms with Crippen molar-refractivity contribution < 1.29 is 37.1 Å². The summed E-state index contributed by atoms with van der Waals surface area (Å²) in [5.41, 5.74) is 0.606. The van der Waals surface area contributed by atoms with Crippen LogP contribution in [0, 0.1) is 11.8 Å². The lowest BCUT2D eigenvalue weighted by Crippen LogP contribution is -2.50. The molecule has 5 rings (SSSR count).